The number of amides is 1. The minimum atomic E-state index is -1.45. The van der Waals surface area contributed by atoms with Crippen LogP contribution in [0.5, 0.6) is 17.2 Å². The molecule has 2 N–H and O–H groups in total. The number of fused-ring (bicyclic) bond motifs is 2. The first-order valence-electron chi connectivity index (χ1n) is 21.6. The maximum atomic E-state index is 14.3. The Bertz CT molecular complexity index is 1840. The Morgan fingerprint density at radius 1 is 1.07 bits per heavy atom. The van der Waals surface area contributed by atoms with Crippen molar-refractivity contribution in [2.45, 2.75) is 108 Å². The molecule has 326 valence electrons. The smallest absolute Gasteiger partial charge is 0.410 e. The standard InChI is InChI=1S/C46H61N3O11/c1-4-7-26-56-45(52)48(22-5-2)41-31-39(47-60-42-19-10-13-27-55-42)37-28-32(15-8-11-23-50)36(18-9-12-24-51)43-38-30-35(58-34-17-14-16-33(29-34)49(53)54)20-21-40(38)59-46(41,44(37)43)57-25-6-3/h4,6,14,16-17,20-21,28-30,32,36,41-44,50-51H,1,3,5,7-13,15,18-19,22-27,31H2,2H3. The van der Waals surface area contributed by atoms with Crippen LogP contribution >= 0.6 is 0 Å². The van der Waals surface area contributed by atoms with Gasteiger partial charge in [0.15, 0.2) is 0 Å². The topological polar surface area (TPSA) is 172 Å². The van der Waals surface area contributed by atoms with Crippen molar-refractivity contribution in [1.82, 2.24) is 4.90 Å². The molecule has 2 aromatic rings. The summed E-state index contributed by atoms with van der Waals surface area (Å²) in [4.78, 5) is 33.3. The van der Waals surface area contributed by atoms with Crippen LogP contribution in [-0.4, -0.2) is 89.5 Å². The molecule has 0 spiro atoms. The molecular formula is C46H61N3O11. The quantitative estimate of drug-likeness (QED) is 0.0502. The normalized spacial score (nSPS) is 26.1. The van der Waals surface area contributed by atoms with Gasteiger partial charge < -0.3 is 38.7 Å². The van der Waals surface area contributed by atoms with E-state index in [1.54, 1.807) is 35.3 Å². The molecule has 1 amide bonds. The van der Waals surface area contributed by atoms with Crippen LogP contribution in [0.4, 0.5) is 10.5 Å². The van der Waals surface area contributed by atoms with Gasteiger partial charge >= 0.3 is 6.09 Å². The van der Waals surface area contributed by atoms with Gasteiger partial charge in [-0.15, -0.1) is 13.2 Å². The Morgan fingerprint density at radius 3 is 2.58 bits per heavy atom. The number of aliphatic hydroxyl groups is 2. The molecule has 0 radical (unpaired) electrons. The number of hydrogen-bond acceptors (Lipinski definition) is 12. The molecule has 2 heterocycles. The molecular weight excluding hydrogens is 771 g/mol. The van der Waals surface area contributed by atoms with Crippen LogP contribution in [0.1, 0.15) is 95.5 Å². The van der Waals surface area contributed by atoms with Crippen LogP contribution in [0.25, 0.3) is 0 Å². The molecule has 14 nitrogen and oxygen atoms in total. The number of carbonyl (C=O) groups is 1. The van der Waals surface area contributed by atoms with Crippen molar-refractivity contribution < 1.29 is 48.5 Å². The van der Waals surface area contributed by atoms with Gasteiger partial charge in [-0.05, 0) is 93.0 Å². The lowest BCUT2D eigenvalue weighted by Gasteiger charge is -2.60. The lowest BCUT2D eigenvalue weighted by atomic mass is 9.55. The lowest BCUT2D eigenvalue weighted by Crippen LogP contribution is -2.70. The fourth-order valence-electron chi connectivity index (χ4n) is 9.35. The van der Waals surface area contributed by atoms with Crippen LogP contribution in [-0.2, 0) is 19.0 Å². The second kappa shape index (κ2) is 21.7. The Labute approximate surface area is 352 Å². The summed E-state index contributed by atoms with van der Waals surface area (Å²) in [5.74, 6) is -0.899. The molecule has 4 aliphatic rings. The number of unbranched alkanes of at least 4 members (excludes halogenated alkanes) is 2. The predicted octanol–water partition coefficient (Wildman–Crippen LogP) is 8.97. The number of nitro benzene ring substituents is 1. The summed E-state index contributed by atoms with van der Waals surface area (Å²) in [7, 11) is 0. The number of ether oxygens (including phenoxy) is 5. The van der Waals surface area contributed by atoms with Crippen molar-refractivity contribution in [2.75, 3.05) is 39.6 Å². The summed E-state index contributed by atoms with van der Waals surface area (Å²) in [6.07, 6.45) is 13.0. The van der Waals surface area contributed by atoms with E-state index in [1.165, 1.54) is 12.1 Å². The van der Waals surface area contributed by atoms with E-state index in [0.717, 1.165) is 49.7 Å². The highest BCUT2D eigenvalue weighted by atomic mass is 16.8. The van der Waals surface area contributed by atoms with Crippen LogP contribution in [0.2, 0.25) is 0 Å². The van der Waals surface area contributed by atoms with Gasteiger partial charge in [-0.1, -0.05) is 49.2 Å². The Kier molecular flexibility index (Phi) is 16.2. The first-order valence-corrected chi connectivity index (χ1v) is 21.6. The average Bonchev–Trinajstić information content (AvgIpc) is 3.26. The molecule has 2 aliphatic heterocycles. The van der Waals surface area contributed by atoms with E-state index in [0.29, 0.717) is 68.2 Å². The monoisotopic (exact) mass is 831 g/mol. The molecule has 2 aliphatic carbocycles. The minimum Gasteiger partial charge on any atom is -0.459 e. The van der Waals surface area contributed by atoms with E-state index < -0.39 is 35.1 Å². The number of nitrogens with zero attached hydrogens (tertiary/aromatic N) is 3. The molecule has 60 heavy (non-hydrogen) atoms. The van der Waals surface area contributed by atoms with Crippen molar-refractivity contribution in [3.05, 3.63) is 95.1 Å². The highest BCUT2D eigenvalue weighted by Gasteiger charge is 2.65. The second-order valence-corrected chi connectivity index (χ2v) is 15.9. The van der Waals surface area contributed by atoms with Crippen LogP contribution in [0.3, 0.4) is 0 Å². The Hall–Kier alpha value is -4.76. The van der Waals surface area contributed by atoms with E-state index in [9.17, 15) is 25.1 Å². The first kappa shape index (κ1) is 44.8. The number of nitro groups is 1. The van der Waals surface area contributed by atoms with E-state index >= 15 is 0 Å². The van der Waals surface area contributed by atoms with Gasteiger partial charge in [-0.3, -0.25) is 15.0 Å². The van der Waals surface area contributed by atoms with E-state index in [4.69, 9.17) is 33.7 Å². The first-order chi connectivity index (χ1) is 29.3. The van der Waals surface area contributed by atoms with Gasteiger partial charge in [0.2, 0.25) is 12.1 Å². The molecule has 1 saturated heterocycles. The fraction of sp³-hybridized carbons (Fsp3) is 0.565. The third kappa shape index (κ3) is 10.2. The van der Waals surface area contributed by atoms with Crippen LogP contribution in [0, 0.1) is 27.9 Å². The van der Waals surface area contributed by atoms with E-state index in [1.807, 2.05) is 19.1 Å². The van der Waals surface area contributed by atoms with Crippen molar-refractivity contribution in [3.8, 4) is 17.2 Å². The molecule has 0 aromatic heterocycles. The van der Waals surface area contributed by atoms with Crippen molar-refractivity contribution >= 4 is 17.5 Å². The van der Waals surface area contributed by atoms with Gasteiger partial charge in [0.1, 0.15) is 23.3 Å². The summed E-state index contributed by atoms with van der Waals surface area (Å²) in [5.41, 5.74) is 2.34. The molecule has 2 fully saturated rings. The zero-order chi connectivity index (χ0) is 42.5. The summed E-state index contributed by atoms with van der Waals surface area (Å²) >= 11 is 0. The number of non-ortho nitro benzene ring substituents is 1. The van der Waals surface area contributed by atoms with Crippen LogP contribution < -0.4 is 9.47 Å². The fourth-order valence-corrected chi connectivity index (χ4v) is 9.35. The van der Waals surface area contributed by atoms with E-state index in [2.05, 4.69) is 19.2 Å². The van der Waals surface area contributed by atoms with Gasteiger partial charge in [0, 0.05) is 50.1 Å². The van der Waals surface area contributed by atoms with Crippen molar-refractivity contribution in [3.63, 3.8) is 0 Å². The molecule has 1 saturated carbocycles. The summed E-state index contributed by atoms with van der Waals surface area (Å²) < 4.78 is 32.4. The molecule has 6 rings (SSSR count). The predicted molar refractivity (Wildman–Crippen MR) is 226 cm³/mol. The zero-order valence-corrected chi connectivity index (χ0v) is 34.8. The van der Waals surface area contributed by atoms with Crippen LogP contribution in [0.15, 0.2) is 84.6 Å². The molecule has 7 unspecified atom stereocenters. The molecule has 2 aromatic carbocycles. The number of allylic oxidation sites excluding steroid dienone is 1. The zero-order valence-electron chi connectivity index (χ0n) is 34.8. The number of benzene rings is 2. The van der Waals surface area contributed by atoms with Crippen molar-refractivity contribution in [1.29, 1.82) is 0 Å². The maximum Gasteiger partial charge on any atom is 0.410 e. The number of rotatable bonds is 22. The van der Waals surface area contributed by atoms with Gasteiger partial charge in [-0.25, -0.2) is 4.79 Å². The largest absolute Gasteiger partial charge is 0.459 e. The number of oxime groups is 1. The molecule has 7 atom stereocenters. The van der Waals surface area contributed by atoms with E-state index in [-0.39, 0.29) is 56.3 Å². The average molecular weight is 832 g/mol. The number of aliphatic hydroxyl groups excluding tert-OH is 2. The second-order valence-electron chi connectivity index (χ2n) is 15.9. The third-order valence-electron chi connectivity index (χ3n) is 11.9. The maximum absolute atomic E-state index is 14.3. The molecule has 0 bridgehead atoms. The number of carbonyl (C=O) groups excluding carboxylic acids is 1. The van der Waals surface area contributed by atoms with Gasteiger partial charge in [-0.2, -0.15) is 0 Å². The lowest BCUT2D eigenvalue weighted by molar-refractivity contribution is -0.384. The third-order valence-corrected chi connectivity index (χ3v) is 11.9. The van der Waals surface area contributed by atoms with Crippen molar-refractivity contribution in [2.24, 2.45) is 22.9 Å². The SMILES string of the molecule is C=CCCOC(=O)N(CCC)C1CC(=NOC2CCCCO2)C2=CC(CCCCO)C(CCCCO)C3c4cc(Oc5cccc([N+](=O)[O-])c5)ccc4OC1(OCC=C)C23. The number of hydrogen-bond donors (Lipinski definition) is 2. The van der Waals surface area contributed by atoms with Gasteiger partial charge in [0.25, 0.3) is 5.69 Å². The van der Waals surface area contributed by atoms with Gasteiger partial charge in [0.05, 0.1) is 42.4 Å². The summed E-state index contributed by atoms with van der Waals surface area (Å²) in [6, 6.07) is 10.9. The Morgan fingerprint density at radius 2 is 1.87 bits per heavy atom. The molecule has 14 heteroatoms. The Balaban J connectivity index is 1.57. The highest BCUT2D eigenvalue weighted by Crippen LogP contribution is 2.62. The highest BCUT2D eigenvalue weighted by molar-refractivity contribution is 6.03. The minimum absolute atomic E-state index is 0.00632. The summed E-state index contributed by atoms with van der Waals surface area (Å²) in [5, 5.41) is 36.3. The summed E-state index contributed by atoms with van der Waals surface area (Å²) in [6.45, 7) is 11.2.